The molecule has 1 N–H and O–H groups in total. The fourth-order valence-electron chi connectivity index (χ4n) is 3.08. The van der Waals surface area contributed by atoms with Crippen LogP contribution in [-0.4, -0.2) is 30.7 Å². The Hall–Kier alpha value is -0.320. The molecular weight excluding hydrogens is 314 g/mol. The molecule has 2 atom stereocenters. The van der Waals surface area contributed by atoms with Gasteiger partial charge in [-0.3, -0.25) is 0 Å². The molecule has 3 rings (SSSR count). The fourth-order valence-corrected chi connectivity index (χ4v) is 3.83. The topological polar surface area (TPSA) is 28.2 Å². The molecule has 3 nitrogen and oxygen atoms in total. The average Bonchev–Trinajstić information content (AvgIpc) is 2.38. The molecule has 2 saturated heterocycles. The van der Waals surface area contributed by atoms with Gasteiger partial charge in [0.05, 0.1) is 5.02 Å². The molecule has 0 saturated carbocycles. The first-order valence-corrected chi connectivity index (χ1v) is 7.70. The summed E-state index contributed by atoms with van der Waals surface area (Å²) in [6, 6.07) is 2.62. The van der Waals surface area contributed by atoms with E-state index in [0.717, 1.165) is 34.3 Å². The summed E-state index contributed by atoms with van der Waals surface area (Å²) in [5, 5.41) is 4.37. The number of fused-ring (bicyclic) bond motifs is 1. The van der Waals surface area contributed by atoms with Crippen LogP contribution in [0.15, 0.2) is 16.7 Å². The third kappa shape index (κ3) is 2.51. The lowest BCUT2D eigenvalue weighted by Gasteiger charge is -2.42. The Morgan fingerprint density at radius 3 is 3.17 bits per heavy atom. The Labute approximate surface area is 121 Å². The second-order valence-corrected chi connectivity index (χ2v) is 6.48. The molecular formula is C13H17BrClN3. The van der Waals surface area contributed by atoms with Crippen molar-refractivity contribution in [1.82, 2.24) is 10.3 Å². The SMILES string of the molecule is Clc1cc(Br)cnc1N1CCC2NCCCC2C1. The lowest BCUT2D eigenvalue weighted by Crippen LogP contribution is -2.52. The largest absolute Gasteiger partial charge is 0.355 e. The summed E-state index contributed by atoms with van der Waals surface area (Å²) in [6.07, 6.45) is 5.63. The molecule has 0 radical (unpaired) electrons. The number of aromatic nitrogens is 1. The minimum absolute atomic E-state index is 0.698. The summed E-state index contributed by atoms with van der Waals surface area (Å²) >= 11 is 9.69. The van der Waals surface area contributed by atoms with E-state index < -0.39 is 0 Å². The lowest BCUT2D eigenvalue weighted by atomic mass is 9.85. The van der Waals surface area contributed by atoms with Gasteiger partial charge in [-0.1, -0.05) is 11.6 Å². The average molecular weight is 331 g/mol. The predicted octanol–water partition coefficient (Wildman–Crippen LogP) is 3.08. The van der Waals surface area contributed by atoms with Crippen LogP contribution in [-0.2, 0) is 0 Å². The van der Waals surface area contributed by atoms with Crippen LogP contribution in [0, 0.1) is 5.92 Å². The molecule has 18 heavy (non-hydrogen) atoms. The van der Waals surface area contributed by atoms with E-state index in [-0.39, 0.29) is 0 Å². The van der Waals surface area contributed by atoms with E-state index in [4.69, 9.17) is 11.6 Å². The van der Waals surface area contributed by atoms with E-state index in [9.17, 15) is 0 Å². The molecule has 0 aromatic carbocycles. The van der Waals surface area contributed by atoms with Crippen molar-refractivity contribution < 1.29 is 0 Å². The van der Waals surface area contributed by atoms with E-state index in [0.29, 0.717) is 6.04 Å². The number of hydrogen-bond acceptors (Lipinski definition) is 3. The maximum absolute atomic E-state index is 6.29. The van der Waals surface area contributed by atoms with Crippen molar-refractivity contribution in [2.75, 3.05) is 24.5 Å². The maximum atomic E-state index is 6.29. The van der Waals surface area contributed by atoms with E-state index >= 15 is 0 Å². The fraction of sp³-hybridized carbons (Fsp3) is 0.615. The Balaban J connectivity index is 1.77. The highest BCUT2D eigenvalue weighted by molar-refractivity contribution is 9.10. The van der Waals surface area contributed by atoms with Crippen molar-refractivity contribution in [3.63, 3.8) is 0 Å². The van der Waals surface area contributed by atoms with Gasteiger partial charge in [-0.05, 0) is 53.7 Å². The summed E-state index contributed by atoms with van der Waals surface area (Å²) < 4.78 is 0.936. The van der Waals surface area contributed by atoms with Gasteiger partial charge < -0.3 is 10.2 Å². The van der Waals surface area contributed by atoms with Crippen molar-refractivity contribution in [2.45, 2.75) is 25.3 Å². The first-order chi connectivity index (χ1) is 8.74. The highest BCUT2D eigenvalue weighted by atomic mass is 79.9. The van der Waals surface area contributed by atoms with E-state index in [2.05, 4.69) is 31.1 Å². The second kappa shape index (κ2) is 5.35. The third-order valence-electron chi connectivity index (χ3n) is 3.98. The van der Waals surface area contributed by atoms with Crippen LogP contribution >= 0.6 is 27.5 Å². The summed E-state index contributed by atoms with van der Waals surface area (Å²) in [6.45, 7) is 3.30. The molecule has 0 aliphatic carbocycles. The van der Waals surface area contributed by atoms with E-state index in [1.54, 1.807) is 0 Å². The number of anilines is 1. The molecule has 1 aromatic heterocycles. The van der Waals surface area contributed by atoms with Crippen molar-refractivity contribution in [3.8, 4) is 0 Å². The van der Waals surface area contributed by atoms with E-state index in [1.165, 1.54) is 25.8 Å². The molecule has 5 heteroatoms. The zero-order valence-corrected chi connectivity index (χ0v) is 12.5. The van der Waals surface area contributed by atoms with Gasteiger partial charge in [-0.15, -0.1) is 0 Å². The summed E-state index contributed by atoms with van der Waals surface area (Å²) in [5.74, 6) is 1.68. The van der Waals surface area contributed by atoms with Gasteiger partial charge in [0.1, 0.15) is 5.82 Å². The lowest BCUT2D eigenvalue weighted by molar-refractivity contribution is 0.244. The third-order valence-corrected chi connectivity index (χ3v) is 4.69. The van der Waals surface area contributed by atoms with Crippen LogP contribution in [0.3, 0.4) is 0 Å². The molecule has 2 unspecified atom stereocenters. The second-order valence-electron chi connectivity index (χ2n) is 5.16. The minimum Gasteiger partial charge on any atom is -0.355 e. The predicted molar refractivity (Wildman–Crippen MR) is 78.3 cm³/mol. The van der Waals surface area contributed by atoms with Crippen LogP contribution in [0.2, 0.25) is 5.02 Å². The molecule has 0 amide bonds. The number of piperidine rings is 2. The van der Waals surface area contributed by atoms with Crippen LogP contribution in [0.4, 0.5) is 5.82 Å². The molecule has 2 aliphatic rings. The first-order valence-electron chi connectivity index (χ1n) is 6.53. The van der Waals surface area contributed by atoms with Gasteiger partial charge in [0.25, 0.3) is 0 Å². The smallest absolute Gasteiger partial charge is 0.147 e. The maximum Gasteiger partial charge on any atom is 0.147 e. The standard InChI is InChI=1S/C13H17BrClN3/c14-10-6-11(15)13(17-7-10)18-5-3-12-9(8-18)2-1-4-16-12/h6-7,9,12,16H,1-5,8H2. The van der Waals surface area contributed by atoms with Gasteiger partial charge in [0.15, 0.2) is 0 Å². The van der Waals surface area contributed by atoms with Crippen molar-refractivity contribution >= 4 is 33.3 Å². The van der Waals surface area contributed by atoms with Gasteiger partial charge in [0.2, 0.25) is 0 Å². The minimum atomic E-state index is 0.698. The Bertz CT molecular complexity index is 440. The van der Waals surface area contributed by atoms with Gasteiger partial charge >= 0.3 is 0 Å². The highest BCUT2D eigenvalue weighted by Gasteiger charge is 2.31. The highest BCUT2D eigenvalue weighted by Crippen LogP contribution is 2.32. The summed E-state index contributed by atoms with van der Waals surface area (Å²) in [5.41, 5.74) is 0. The quantitative estimate of drug-likeness (QED) is 0.858. The summed E-state index contributed by atoms with van der Waals surface area (Å²) in [4.78, 5) is 6.80. The molecule has 2 aliphatic heterocycles. The Kier molecular flexibility index (Phi) is 3.78. The number of nitrogens with zero attached hydrogens (tertiary/aromatic N) is 2. The van der Waals surface area contributed by atoms with Crippen molar-refractivity contribution in [3.05, 3.63) is 21.8 Å². The van der Waals surface area contributed by atoms with Gasteiger partial charge in [-0.2, -0.15) is 0 Å². The number of nitrogens with one attached hydrogen (secondary N) is 1. The van der Waals surface area contributed by atoms with Crippen LogP contribution in [0.5, 0.6) is 0 Å². The van der Waals surface area contributed by atoms with Crippen LogP contribution in [0.1, 0.15) is 19.3 Å². The molecule has 2 fully saturated rings. The summed E-state index contributed by atoms with van der Waals surface area (Å²) in [7, 11) is 0. The van der Waals surface area contributed by atoms with Crippen molar-refractivity contribution in [2.24, 2.45) is 5.92 Å². The van der Waals surface area contributed by atoms with Gasteiger partial charge in [0, 0.05) is 29.8 Å². The number of rotatable bonds is 1. The molecule has 3 heterocycles. The molecule has 98 valence electrons. The monoisotopic (exact) mass is 329 g/mol. The van der Waals surface area contributed by atoms with Gasteiger partial charge in [-0.25, -0.2) is 4.98 Å². The number of pyridine rings is 1. The Morgan fingerprint density at radius 1 is 1.44 bits per heavy atom. The normalized spacial score (nSPS) is 28.0. The Morgan fingerprint density at radius 2 is 2.33 bits per heavy atom. The number of halogens is 2. The van der Waals surface area contributed by atoms with Crippen LogP contribution in [0.25, 0.3) is 0 Å². The number of hydrogen-bond donors (Lipinski definition) is 1. The molecule has 0 bridgehead atoms. The zero-order valence-electron chi connectivity index (χ0n) is 10.2. The van der Waals surface area contributed by atoms with Crippen molar-refractivity contribution in [1.29, 1.82) is 0 Å². The van der Waals surface area contributed by atoms with E-state index in [1.807, 2.05) is 12.3 Å². The zero-order chi connectivity index (χ0) is 12.5. The molecule has 0 spiro atoms. The molecule has 1 aromatic rings. The first kappa shape index (κ1) is 12.7. The van der Waals surface area contributed by atoms with Crippen LogP contribution < -0.4 is 10.2 Å².